The van der Waals surface area contributed by atoms with Crippen LogP contribution in [0.15, 0.2) is 231 Å². The van der Waals surface area contributed by atoms with E-state index in [0.29, 0.717) is 17.5 Å². The first-order valence-electron chi connectivity index (χ1n) is 20.9. The van der Waals surface area contributed by atoms with Crippen molar-refractivity contribution < 1.29 is 0 Å². The Balaban J connectivity index is 1.07. The van der Waals surface area contributed by atoms with E-state index in [1.165, 1.54) is 16.5 Å². The minimum absolute atomic E-state index is 0.603. The van der Waals surface area contributed by atoms with E-state index in [4.69, 9.17) is 19.9 Å². The van der Waals surface area contributed by atoms with Crippen molar-refractivity contribution in [1.82, 2.24) is 19.9 Å². The quantitative estimate of drug-likeness (QED) is 0.144. The lowest BCUT2D eigenvalue weighted by atomic mass is 9.92. The van der Waals surface area contributed by atoms with Gasteiger partial charge in [0.2, 0.25) is 0 Å². The summed E-state index contributed by atoms with van der Waals surface area (Å²) in [7, 11) is 0. The van der Waals surface area contributed by atoms with Crippen LogP contribution in [0.5, 0.6) is 0 Å². The monoisotopic (exact) mass is 790 g/mol. The molecule has 11 rings (SSSR count). The minimum Gasteiger partial charge on any atom is -0.247 e. The van der Waals surface area contributed by atoms with E-state index in [0.717, 1.165) is 77.6 Å². The molecule has 0 saturated heterocycles. The molecule has 0 atom stereocenters. The van der Waals surface area contributed by atoms with Gasteiger partial charge in [-0.25, -0.2) is 19.9 Å². The van der Waals surface area contributed by atoms with Crippen LogP contribution in [0.3, 0.4) is 0 Å². The number of nitrogens with zero attached hydrogens (tertiary/aromatic N) is 4. The summed E-state index contributed by atoms with van der Waals surface area (Å²) >= 11 is 0. The summed E-state index contributed by atoms with van der Waals surface area (Å²) < 4.78 is 0. The topological polar surface area (TPSA) is 51.6 Å². The van der Waals surface area contributed by atoms with Gasteiger partial charge in [-0.3, -0.25) is 0 Å². The van der Waals surface area contributed by atoms with Crippen LogP contribution in [0.25, 0.3) is 112 Å². The van der Waals surface area contributed by atoms with Crippen molar-refractivity contribution in [2.45, 2.75) is 0 Å². The van der Waals surface area contributed by atoms with Crippen molar-refractivity contribution in [3.63, 3.8) is 0 Å². The molecule has 11 aromatic rings. The molecule has 0 saturated carbocycles. The maximum atomic E-state index is 5.39. The van der Waals surface area contributed by atoms with Gasteiger partial charge in [0.25, 0.3) is 0 Å². The molecule has 2 heterocycles. The van der Waals surface area contributed by atoms with Crippen molar-refractivity contribution in [3.8, 4) is 89.9 Å². The van der Waals surface area contributed by atoms with Crippen molar-refractivity contribution in [2.75, 3.05) is 0 Å². The molecule has 62 heavy (non-hydrogen) atoms. The van der Waals surface area contributed by atoms with Crippen LogP contribution in [-0.4, -0.2) is 19.9 Å². The number of pyridine rings is 1. The SMILES string of the molecule is c1ccc(-c2cc(-c3ccccc3)cc(-c3nc(-c4ccccc4)nc(-c4cccc(-c5ccc6c(c5)nc(-c5ccccc5)c5cccc(-c7ccccc7)c56)c4)n3)c2)cc1. The highest BCUT2D eigenvalue weighted by molar-refractivity contribution is 6.17. The van der Waals surface area contributed by atoms with E-state index in [1.54, 1.807) is 0 Å². The third-order valence-electron chi connectivity index (χ3n) is 11.5. The second kappa shape index (κ2) is 16.0. The number of hydrogen-bond donors (Lipinski definition) is 0. The second-order valence-electron chi connectivity index (χ2n) is 15.4. The molecule has 0 aliphatic carbocycles. The molecule has 0 unspecified atom stereocenters. The van der Waals surface area contributed by atoms with E-state index >= 15 is 0 Å². The molecule has 2 aromatic heterocycles. The lowest BCUT2D eigenvalue weighted by molar-refractivity contribution is 1.07. The van der Waals surface area contributed by atoms with Gasteiger partial charge in [0.05, 0.1) is 11.2 Å². The van der Waals surface area contributed by atoms with Gasteiger partial charge in [-0.1, -0.05) is 200 Å². The number of rotatable bonds is 8. The molecule has 4 nitrogen and oxygen atoms in total. The lowest BCUT2D eigenvalue weighted by Gasteiger charge is -2.15. The predicted octanol–water partition coefficient (Wildman–Crippen LogP) is 14.9. The highest BCUT2D eigenvalue weighted by atomic mass is 15.0. The van der Waals surface area contributed by atoms with E-state index < -0.39 is 0 Å². The zero-order chi connectivity index (χ0) is 41.2. The van der Waals surface area contributed by atoms with E-state index in [2.05, 4.69) is 188 Å². The summed E-state index contributed by atoms with van der Waals surface area (Å²) in [5.41, 5.74) is 14.6. The van der Waals surface area contributed by atoms with Gasteiger partial charge in [-0.05, 0) is 74.8 Å². The Morgan fingerprint density at radius 2 is 0.661 bits per heavy atom. The fraction of sp³-hybridized carbons (Fsp3) is 0. The normalized spacial score (nSPS) is 11.2. The average Bonchev–Trinajstić information content (AvgIpc) is 3.37. The van der Waals surface area contributed by atoms with Crippen molar-refractivity contribution in [2.24, 2.45) is 0 Å². The smallest absolute Gasteiger partial charge is 0.164 e. The first-order valence-corrected chi connectivity index (χ1v) is 20.9. The molecule has 0 N–H and O–H groups in total. The van der Waals surface area contributed by atoms with Gasteiger partial charge in [-0.2, -0.15) is 0 Å². The van der Waals surface area contributed by atoms with Crippen molar-refractivity contribution in [1.29, 1.82) is 0 Å². The van der Waals surface area contributed by atoms with Crippen LogP contribution in [0.2, 0.25) is 0 Å². The van der Waals surface area contributed by atoms with Gasteiger partial charge >= 0.3 is 0 Å². The third kappa shape index (κ3) is 7.10. The van der Waals surface area contributed by atoms with Gasteiger partial charge in [-0.15, -0.1) is 0 Å². The zero-order valence-corrected chi connectivity index (χ0v) is 33.7. The Kier molecular flexibility index (Phi) is 9.49. The minimum atomic E-state index is 0.603. The Labute approximate surface area is 360 Å². The van der Waals surface area contributed by atoms with Gasteiger partial charge < -0.3 is 0 Å². The summed E-state index contributed by atoms with van der Waals surface area (Å²) in [5, 5.41) is 3.44. The van der Waals surface area contributed by atoms with Crippen LogP contribution in [0.4, 0.5) is 0 Å². The molecule has 0 aliphatic rings. The number of hydrogen-bond acceptors (Lipinski definition) is 4. The molecule has 290 valence electrons. The molecular weight excluding hydrogens is 753 g/mol. The molecule has 0 bridgehead atoms. The largest absolute Gasteiger partial charge is 0.247 e. The van der Waals surface area contributed by atoms with Gasteiger partial charge in [0.1, 0.15) is 0 Å². The zero-order valence-electron chi connectivity index (χ0n) is 33.7. The lowest BCUT2D eigenvalue weighted by Crippen LogP contribution is -2.00. The average molecular weight is 791 g/mol. The Morgan fingerprint density at radius 3 is 1.27 bits per heavy atom. The number of benzene rings is 9. The fourth-order valence-electron chi connectivity index (χ4n) is 8.45. The maximum absolute atomic E-state index is 5.39. The Hall–Kier alpha value is -8.34. The second-order valence-corrected chi connectivity index (χ2v) is 15.4. The van der Waals surface area contributed by atoms with Crippen molar-refractivity contribution in [3.05, 3.63) is 231 Å². The highest BCUT2D eigenvalue weighted by Gasteiger charge is 2.18. The fourth-order valence-corrected chi connectivity index (χ4v) is 8.45. The summed E-state index contributed by atoms with van der Waals surface area (Å²) in [6.45, 7) is 0. The van der Waals surface area contributed by atoms with Gasteiger partial charge in [0.15, 0.2) is 17.5 Å². The number of aromatic nitrogens is 4. The summed E-state index contributed by atoms with van der Waals surface area (Å²) in [4.78, 5) is 20.9. The highest BCUT2D eigenvalue weighted by Crippen LogP contribution is 2.40. The predicted molar refractivity (Wildman–Crippen MR) is 256 cm³/mol. The van der Waals surface area contributed by atoms with Crippen LogP contribution in [0.1, 0.15) is 0 Å². The number of fused-ring (bicyclic) bond motifs is 3. The van der Waals surface area contributed by atoms with Crippen LogP contribution >= 0.6 is 0 Å². The van der Waals surface area contributed by atoms with Crippen LogP contribution < -0.4 is 0 Å². The van der Waals surface area contributed by atoms with E-state index in [1.807, 2.05) is 42.5 Å². The Morgan fingerprint density at radius 1 is 0.226 bits per heavy atom. The van der Waals surface area contributed by atoms with Crippen molar-refractivity contribution >= 4 is 21.7 Å². The molecule has 0 amide bonds. The van der Waals surface area contributed by atoms with Gasteiger partial charge in [0, 0.05) is 38.4 Å². The summed E-state index contributed by atoms with van der Waals surface area (Å²) in [6.07, 6.45) is 0. The molecular formula is C58H38N4. The van der Waals surface area contributed by atoms with Crippen LogP contribution in [0, 0.1) is 0 Å². The first kappa shape index (κ1) is 36.7. The molecule has 0 aliphatic heterocycles. The summed E-state index contributed by atoms with van der Waals surface area (Å²) in [6, 6.07) is 80.5. The molecule has 0 radical (unpaired) electrons. The molecule has 4 heteroatoms. The molecule has 9 aromatic carbocycles. The summed E-state index contributed by atoms with van der Waals surface area (Å²) in [5.74, 6) is 1.83. The van der Waals surface area contributed by atoms with Crippen LogP contribution in [-0.2, 0) is 0 Å². The van der Waals surface area contributed by atoms with E-state index in [9.17, 15) is 0 Å². The molecule has 0 spiro atoms. The Bertz CT molecular complexity index is 3310. The van der Waals surface area contributed by atoms with E-state index in [-0.39, 0.29) is 0 Å². The molecule has 0 fully saturated rings. The third-order valence-corrected chi connectivity index (χ3v) is 11.5. The maximum Gasteiger partial charge on any atom is 0.164 e. The first-order chi connectivity index (χ1) is 30.7. The standard InChI is InChI=1S/C58H38N4/c1-6-18-39(19-7-1)47-35-48(40-20-8-2-9-21-40)37-49(36-47)58-61-56(43-26-14-5-15-27-43)60-57(62-58)46-29-16-28-44(34-46)45-32-33-51-53(38-45)59-55(42-24-12-4-13-25-42)52-31-17-30-50(54(51)52)41-22-10-3-11-23-41/h1-38H.